The average molecular weight is 378 g/mol. The largest absolute Gasteiger partial charge is 0.342 e. The van der Waals surface area contributed by atoms with Crippen molar-refractivity contribution in [3.8, 4) is 0 Å². The number of hydrogen-bond acceptors (Lipinski definition) is 3. The highest BCUT2D eigenvalue weighted by molar-refractivity contribution is 6.21. The summed E-state index contributed by atoms with van der Waals surface area (Å²) >= 11 is 0. The lowest BCUT2D eigenvalue weighted by Crippen LogP contribution is -2.41. The van der Waals surface area contributed by atoms with E-state index >= 15 is 0 Å². The fourth-order valence-electron chi connectivity index (χ4n) is 4.65. The summed E-state index contributed by atoms with van der Waals surface area (Å²) in [7, 11) is 0. The van der Waals surface area contributed by atoms with E-state index in [1.54, 1.807) is 24.3 Å². The van der Waals surface area contributed by atoms with E-state index in [2.05, 4.69) is 18.2 Å². The minimum Gasteiger partial charge on any atom is -0.342 e. The van der Waals surface area contributed by atoms with Gasteiger partial charge in [-0.3, -0.25) is 19.3 Å². The van der Waals surface area contributed by atoms with Crippen molar-refractivity contribution < 1.29 is 14.4 Å². The summed E-state index contributed by atoms with van der Waals surface area (Å²) < 4.78 is 0. The second-order valence-electron chi connectivity index (χ2n) is 7.76. The van der Waals surface area contributed by atoms with Gasteiger partial charge in [0.2, 0.25) is 5.91 Å². The first kappa shape index (κ1) is 18.7. The topological polar surface area (TPSA) is 57.7 Å². The molecular weight excluding hydrogens is 352 g/mol. The smallest absolute Gasteiger partial charge is 0.261 e. The van der Waals surface area contributed by atoms with Gasteiger partial charge >= 0.3 is 0 Å². The number of nitrogens with zero attached hydrogens (tertiary/aromatic N) is 2. The van der Waals surface area contributed by atoms with Crippen LogP contribution in [-0.2, 0) is 4.79 Å². The second-order valence-corrected chi connectivity index (χ2v) is 7.76. The van der Waals surface area contributed by atoms with Gasteiger partial charge in [-0.2, -0.15) is 0 Å². The Hall–Kier alpha value is -2.69. The van der Waals surface area contributed by atoms with Crippen molar-refractivity contribution in [1.82, 2.24) is 9.80 Å². The number of hydrogen-bond donors (Lipinski definition) is 0. The lowest BCUT2D eigenvalue weighted by Gasteiger charge is -2.28. The Balaban J connectivity index is 1.61. The number of fused-ring (bicyclic) bond motifs is 1. The normalized spacial score (nSPS) is 25.6. The highest BCUT2D eigenvalue weighted by Gasteiger charge is 2.63. The van der Waals surface area contributed by atoms with Crippen LogP contribution < -0.4 is 0 Å². The van der Waals surface area contributed by atoms with Crippen molar-refractivity contribution in [2.24, 2.45) is 11.3 Å². The van der Waals surface area contributed by atoms with Crippen LogP contribution in [0.3, 0.4) is 0 Å². The molecule has 3 aliphatic rings. The number of carbonyl (C=O) groups is 3. The minimum absolute atomic E-state index is 0.0307. The van der Waals surface area contributed by atoms with Gasteiger partial charge in [0.1, 0.15) is 0 Å². The molecule has 0 radical (unpaired) electrons. The highest BCUT2D eigenvalue weighted by atomic mass is 16.2. The molecule has 28 heavy (non-hydrogen) atoms. The molecule has 2 unspecified atom stereocenters. The number of allylic oxidation sites excluding steroid dienone is 3. The fourth-order valence-corrected chi connectivity index (χ4v) is 4.65. The first-order valence-corrected chi connectivity index (χ1v) is 10.2. The third-order valence-electron chi connectivity index (χ3n) is 6.33. The summed E-state index contributed by atoms with van der Waals surface area (Å²) in [4.78, 5) is 42.1. The molecule has 2 atom stereocenters. The molecule has 4 rings (SSSR count). The van der Waals surface area contributed by atoms with Gasteiger partial charge in [-0.05, 0) is 56.7 Å². The number of rotatable bonds is 6. The number of amides is 3. The molecule has 0 bridgehead atoms. The first-order valence-electron chi connectivity index (χ1n) is 10.2. The molecule has 0 N–H and O–H groups in total. The molecule has 0 aromatic heterocycles. The maximum atomic E-state index is 13.4. The lowest BCUT2D eigenvalue weighted by molar-refractivity contribution is -0.135. The van der Waals surface area contributed by atoms with Crippen molar-refractivity contribution in [2.75, 3.05) is 19.6 Å². The summed E-state index contributed by atoms with van der Waals surface area (Å²) in [5.41, 5.74) is 1.38. The van der Waals surface area contributed by atoms with Gasteiger partial charge in [0.25, 0.3) is 11.8 Å². The van der Waals surface area contributed by atoms with Crippen LogP contribution in [0.5, 0.6) is 0 Å². The van der Waals surface area contributed by atoms with E-state index in [0.29, 0.717) is 37.2 Å². The molecule has 1 aliphatic heterocycles. The number of benzene rings is 1. The van der Waals surface area contributed by atoms with Crippen LogP contribution in [0.25, 0.3) is 0 Å². The van der Waals surface area contributed by atoms with Gasteiger partial charge in [-0.25, -0.2) is 0 Å². The van der Waals surface area contributed by atoms with Gasteiger partial charge in [0.15, 0.2) is 0 Å². The third-order valence-corrected chi connectivity index (χ3v) is 6.33. The van der Waals surface area contributed by atoms with Crippen LogP contribution in [0.1, 0.15) is 53.8 Å². The highest BCUT2D eigenvalue weighted by Crippen LogP contribution is 2.60. The molecule has 1 heterocycles. The van der Waals surface area contributed by atoms with Crippen LogP contribution in [0.15, 0.2) is 48.1 Å². The number of carbonyl (C=O) groups excluding carboxylic acids is 3. The average Bonchev–Trinajstić information content (AvgIpc) is 3.42. The van der Waals surface area contributed by atoms with E-state index in [9.17, 15) is 14.4 Å². The maximum Gasteiger partial charge on any atom is 0.261 e. The standard InChI is InChI=1S/C23H26N2O3/c1-3-24(4-2)22(28)23(16-10-6-5-7-11-16)14-17(23)15-25-20(26)18-12-8-9-13-19(18)21(25)27/h6,8-13,17H,3-5,7,14-15H2,1-2H3. The molecule has 0 spiro atoms. The molecule has 1 aromatic rings. The van der Waals surface area contributed by atoms with Crippen LogP contribution in [0.4, 0.5) is 0 Å². The quantitative estimate of drug-likeness (QED) is 0.713. The van der Waals surface area contributed by atoms with Gasteiger partial charge in [-0.1, -0.05) is 30.4 Å². The Labute approximate surface area is 165 Å². The summed E-state index contributed by atoms with van der Waals surface area (Å²) in [6.45, 7) is 5.59. The molecule has 1 aromatic carbocycles. The van der Waals surface area contributed by atoms with Crippen molar-refractivity contribution in [2.45, 2.75) is 33.1 Å². The molecule has 1 saturated carbocycles. The van der Waals surface area contributed by atoms with Crippen molar-refractivity contribution in [3.63, 3.8) is 0 Å². The van der Waals surface area contributed by atoms with Gasteiger partial charge < -0.3 is 4.90 Å². The van der Waals surface area contributed by atoms with Gasteiger partial charge in [0, 0.05) is 19.6 Å². The molecule has 146 valence electrons. The van der Waals surface area contributed by atoms with E-state index in [1.165, 1.54) is 4.90 Å². The molecule has 2 aliphatic carbocycles. The Bertz CT molecular complexity index is 862. The predicted octanol–water partition coefficient (Wildman–Crippen LogP) is 3.43. The van der Waals surface area contributed by atoms with E-state index in [-0.39, 0.29) is 23.6 Å². The third kappa shape index (κ3) is 2.72. The predicted molar refractivity (Wildman–Crippen MR) is 107 cm³/mol. The molecule has 0 saturated heterocycles. The Kier molecular flexibility index (Phi) is 4.69. The van der Waals surface area contributed by atoms with E-state index < -0.39 is 5.41 Å². The summed E-state index contributed by atoms with van der Waals surface area (Å²) in [5.74, 6) is -0.400. The van der Waals surface area contributed by atoms with Crippen LogP contribution in [-0.4, -0.2) is 47.2 Å². The van der Waals surface area contributed by atoms with Crippen LogP contribution in [0, 0.1) is 11.3 Å². The minimum atomic E-state index is -0.599. The SMILES string of the molecule is CCN(CC)C(=O)C1(C2=CCCC=C2)CC1CN1C(=O)c2ccccc2C1=O. The number of imide groups is 1. The molecular formula is C23H26N2O3. The van der Waals surface area contributed by atoms with Crippen molar-refractivity contribution >= 4 is 17.7 Å². The van der Waals surface area contributed by atoms with Crippen molar-refractivity contribution in [3.05, 3.63) is 59.2 Å². The molecule has 5 nitrogen and oxygen atoms in total. The van der Waals surface area contributed by atoms with E-state index in [1.807, 2.05) is 18.7 Å². The lowest BCUT2D eigenvalue weighted by atomic mass is 9.87. The fraction of sp³-hybridized carbons (Fsp3) is 0.435. The maximum absolute atomic E-state index is 13.4. The summed E-state index contributed by atoms with van der Waals surface area (Å²) in [6, 6.07) is 6.94. The van der Waals surface area contributed by atoms with Crippen molar-refractivity contribution in [1.29, 1.82) is 0 Å². The summed E-state index contributed by atoms with van der Waals surface area (Å²) in [6.07, 6.45) is 8.94. The monoisotopic (exact) mass is 378 g/mol. The van der Waals surface area contributed by atoms with Crippen LogP contribution >= 0.6 is 0 Å². The molecule has 3 amide bonds. The zero-order valence-corrected chi connectivity index (χ0v) is 16.5. The van der Waals surface area contributed by atoms with Crippen LogP contribution in [0.2, 0.25) is 0 Å². The molecule has 5 heteroatoms. The van der Waals surface area contributed by atoms with Gasteiger partial charge in [0.05, 0.1) is 16.5 Å². The van der Waals surface area contributed by atoms with E-state index in [0.717, 1.165) is 18.4 Å². The molecule has 1 fully saturated rings. The summed E-state index contributed by atoms with van der Waals surface area (Å²) in [5, 5.41) is 0. The second kappa shape index (κ2) is 7.04. The Morgan fingerprint density at radius 1 is 1.11 bits per heavy atom. The zero-order valence-electron chi connectivity index (χ0n) is 16.5. The Morgan fingerprint density at radius 2 is 1.75 bits per heavy atom. The van der Waals surface area contributed by atoms with E-state index in [4.69, 9.17) is 0 Å². The van der Waals surface area contributed by atoms with Gasteiger partial charge in [-0.15, -0.1) is 0 Å². The zero-order chi connectivity index (χ0) is 19.9. The first-order chi connectivity index (χ1) is 13.5. The Morgan fingerprint density at radius 3 is 2.29 bits per heavy atom.